The number of benzene rings is 2. The summed E-state index contributed by atoms with van der Waals surface area (Å²) in [5.41, 5.74) is 3.02. The molecule has 6 aromatic heterocycles. The van der Waals surface area contributed by atoms with Crippen LogP contribution in [0, 0.1) is 37.1 Å². The molecule has 8 aromatic rings. The van der Waals surface area contributed by atoms with E-state index in [0.29, 0.717) is 84.3 Å². The Labute approximate surface area is 467 Å². The zero-order valence-corrected chi connectivity index (χ0v) is 47.2. The highest BCUT2D eigenvalue weighted by Gasteiger charge is 2.33. The van der Waals surface area contributed by atoms with Gasteiger partial charge in [-0.1, -0.05) is 6.07 Å². The highest BCUT2D eigenvalue weighted by atomic mass is 19.1. The topological polar surface area (TPSA) is 228 Å². The molecule has 8 heterocycles. The van der Waals surface area contributed by atoms with Crippen LogP contribution < -0.4 is 16.0 Å². The molecular formula is C58H70F4N14O5. The van der Waals surface area contributed by atoms with Gasteiger partial charge >= 0.3 is 0 Å². The highest BCUT2D eigenvalue weighted by molar-refractivity contribution is 5.84. The summed E-state index contributed by atoms with van der Waals surface area (Å²) < 4.78 is 74.4. The Bertz CT molecular complexity index is 3460. The lowest BCUT2D eigenvalue weighted by molar-refractivity contribution is -0.117. The Morgan fingerprint density at radius 2 is 1.16 bits per heavy atom. The minimum atomic E-state index is -0.684. The molecule has 0 bridgehead atoms. The molecule has 2 aromatic carbocycles. The molecule has 0 amide bonds. The SMILES string of the molecule is CC(O)C[C@@]1(C)CNCCO1.Cc1nc2c(F)cc(-c3nc(Nc4ccc(C=O)cn4)ncc3F)cc2n1C(C)C.Cc1nc2c(F)cc(-c3nc(Nc4ccc(CN5CCO[C@@](C)(CC(C)O)C5)cn4)ncc3F)cc2n1C(C)C. The first kappa shape index (κ1) is 59.7. The number of aryl methyl sites for hydroxylation is 2. The van der Waals surface area contributed by atoms with Crippen molar-refractivity contribution in [3.63, 3.8) is 0 Å². The third-order valence-electron chi connectivity index (χ3n) is 13.6. The molecule has 5 N–H and O–H groups in total. The normalized spacial score (nSPS) is 18.3. The summed E-state index contributed by atoms with van der Waals surface area (Å²) in [6, 6.07) is 12.9. The van der Waals surface area contributed by atoms with Gasteiger partial charge in [-0.3, -0.25) is 9.69 Å². The van der Waals surface area contributed by atoms with Crippen LogP contribution in [0.2, 0.25) is 0 Å². The van der Waals surface area contributed by atoms with Crippen LogP contribution in [0.1, 0.15) is 108 Å². The van der Waals surface area contributed by atoms with Gasteiger partial charge in [-0.25, -0.2) is 57.4 Å². The lowest BCUT2D eigenvalue weighted by atomic mass is 9.96. The number of morpholine rings is 2. The number of hydrogen-bond donors (Lipinski definition) is 5. The quantitative estimate of drug-likeness (QED) is 0.0475. The summed E-state index contributed by atoms with van der Waals surface area (Å²) in [5.74, 6) is 0.0407. The number of rotatable bonds is 15. The molecule has 0 saturated carbocycles. The van der Waals surface area contributed by atoms with E-state index in [1.165, 1.54) is 18.3 Å². The summed E-state index contributed by atoms with van der Waals surface area (Å²) in [7, 11) is 0. The molecule has 2 aliphatic heterocycles. The maximum absolute atomic E-state index is 15.0. The van der Waals surface area contributed by atoms with Gasteiger partial charge in [0.25, 0.3) is 0 Å². The molecule has 2 aliphatic rings. The van der Waals surface area contributed by atoms with Gasteiger partial charge in [-0.2, -0.15) is 0 Å². The summed E-state index contributed by atoms with van der Waals surface area (Å²) in [6.45, 7) is 24.5. The molecule has 81 heavy (non-hydrogen) atoms. The van der Waals surface area contributed by atoms with Crippen molar-refractivity contribution in [2.75, 3.05) is 50.0 Å². The molecule has 0 aliphatic carbocycles. The van der Waals surface area contributed by atoms with Crippen LogP contribution in [0.25, 0.3) is 44.6 Å². The smallest absolute Gasteiger partial charge is 0.229 e. The average Bonchev–Trinajstić information content (AvgIpc) is 3.98. The number of ether oxygens (including phenoxy) is 2. The van der Waals surface area contributed by atoms with E-state index in [0.717, 1.165) is 44.2 Å². The number of aliphatic hydroxyl groups excluding tert-OH is 2. The molecule has 0 radical (unpaired) electrons. The lowest BCUT2D eigenvalue weighted by Crippen LogP contribution is -2.50. The fourth-order valence-corrected chi connectivity index (χ4v) is 10.4. The van der Waals surface area contributed by atoms with E-state index in [-0.39, 0.29) is 69.3 Å². The first-order valence-corrected chi connectivity index (χ1v) is 26.9. The third kappa shape index (κ3) is 14.8. The van der Waals surface area contributed by atoms with E-state index in [9.17, 15) is 27.5 Å². The number of aromatic nitrogens is 10. The minimum Gasteiger partial charge on any atom is -0.393 e. The number of halogens is 4. The zero-order valence-electron chi connectivity index (χ0n) is 47.2. The largest absolute Gasteiger partial charge is 0.393 e. The van der Waals surface area contributed by atoms with E-state index < -0.39 is 29.4 Å². The maximum atomic E-state index is 15.0. The molecule has 2 unspecified atom stereocenters. The van der Waals surface area contributed by atoms with Gasteiger partial charge in [0, 0.05) is 86.7 Å². The van der Waals surface area contributed by atoms with Crippen molar-refractivity contribution in [1.82, 2.24) is 59.2 Å². The average molecular weight is 1120 g/mol. The van der Waals surface area contributed by atoms with Crippen LogP contribution in [0.15, 0.2) is 73.3 Å². The lowest BCUT2D eigenvalue weighted by Gasteiger charge is -2.41. The maximum Gasteiger partial charge on any atom is 0.229 e. The minimum absolute atomic E-state index is 0.0170. The van der Waals surface area contributed by atoms with Crippen LogP contribution >= 0.6 is 0 Å². The van der Waals surface area contributed by atoms with Crippen molar-refractivity contribution in [2.45, 2.75) is 124 Å². The molecule has 4 atom stereocenters. The predicted molar refractivity (Wildman–Crippen MR) is 301 cm³/mol. The van der Waals surface area contributed by atoms with Crippen LogP contribution in [0.4, 0.5) is 41.1 Å². The molecule has 2 saturated heterocycles. The fourth-order valence-electron chi connectivity index (χ4n) is 10.4. The van der Waals surface area contributed by atoms with Crippen molar-refractivity contribution >= 4 is 51.9 Å². The number of fused-ring (bicyclic) bond motifs is 2. The number of hydrogen-bond acceptors (Lipinski definition) is 17. The van der Waals surface area contributed by atoms with Gasteiger partial charge in [0.05, 0.1) is 60.1 Å². The molecule has 2 fully saturated rings. The molecule has 23 heteroatoms. The number of carbonyl (C=O) groups excluding carboxylic acids is 1. The monoisotopic (exact) mass is 1120 g/mol. The van der Waals surface area contributed by atoms with Crippen molar-refractivity contribution in [3.8, 4) is 22.5 Å². The van der Waals surface area contributed by atoms with Crippen molar-refractivity contribution in [1.29, 1.82) is 0 Å². The molecular weight excluding hydrogens is 1050 g/mol. The first-order chi connectivity index (χ1) is 38.5. The summed E-state index contributed by atoms with van der Waals surface area (Å²) in [5, 5.41) is 28.1. The Balaban J connectivity index is 0.000000184. The number of carbonyl (C=O) groups is 1. The van der Waals surface area contributed by atoms with Gasteiger partial charge in [-0.15, -0.1) is 0 Å². The van der Waals surface area contributed by atoms with Crippen molar-refractivity contribution < 1.29 is 42.0 Å². The second-order valence-corrected chi connectivity index (χ2v) is 21.7. The number of pyridine rings is 2. The summed E-state index contributed by atoms with van der Waals surface area (Å²) in [6.07, 6.45) is 6.49. The van der Waals surface area contributed by atoms with Crippen LogP contribution in [0.5, 0.6) is 0 Å². The first-order valence-electron chi connectivity index (χ1n) is 26.9. The number of aliphatic hydroxyl groups is 2. The van der Waals surface area contributed by atoms with E-state index in [4.69, 9.17) is 14.6 Å². The van der Waals surface area contributed by atoms with E-state index in [2.05, 4.69) is 60.7 Å². The van der Waals surface area contributed by atoms with Crippen molar-refractivity contribution in [2.24, 2.45) is 0 Å². The Kier molecular flexibility index (Phi) is 18.9. The number of nitrogens with zero attached hydrogens (tertiary/aromatic N) is 11. The van der Waals surface area contributed by atoms with E-state index in [1.54, 1.807) is 51.2 Å². The molecule has 19 nitrogen and oxygen atoms in total. The Morgan fingerprint density at radius 3 is 1.60 bits per heavy atom. The van der Waals surface area contributed by atoms with Gasteiger partial charge in [-0.05, 0) is 117 Å². The second-order valence-electron chi connectivity index (χ2n) is 21.7. The van der Waals surface area contributed by atoms with Gasteiger partial charge in [0.2, 0.25) is 11.9 Å². The summed E-state index contributed by atoms with van der Waals surface area (Å²) in [4.78, 5) is 46.8. The van der Waals surface area contributed by atoms with Crippen LogP contribution in [-0.4, -0.2) is 133 Å². The van der Waals surface area contributed by atoms with E-state index >= 15 is 0 Å². The van der Waals surface area contributed by atoms with Gasteiger partial charge < -0.3 is 44.8 Å². The second kappa shape index (κ2) is 25.6. The predicted octanol–water partition coefficient (Wildman–Crippen LogP) is 9.91. The van der Waals surface area contributed by atoms with Crippen molar-refractivity contribution in [3.05, 3.63) is 119 Å². The molecule has 10 rings (SSSR count). The number of anilines is 4. The van der Waals surface area contributed by atoms with Gasteiger partial charge in [0.1, 0.15) is 45.7 Å². The Morgan fingerprint density at radius 1 is 0.654 bits per heavy atom. The van der Waals surface area contributed by atoms with Crippen LogP contribution in [0.3, 0.4) is 0 Å². The zero-order chi connectivity index (χ0) is 58.3. The molecule has 0 spiro atoms. The third-order valence-corrected chi connectivity index (χ3v) is 13.6. The standard InChI is InChI=1S/C29H35F2N7O2.C21H18F2N6O.C8H17NO2/c1-17(2)38-19(4)34-27-22(30)10-21(11-24(27)38)26-23(31)14-33-28(36-26)35-25-7-6-20(13-32-25)15-37-8-9-40-29(5,16-37)12-18(3)39;1-11(2)29-12(3)26-20-15(22)6-14(7-17(20)29)19-16(23)9-25-21(28-19)27-18-5-4-13(10-30)8-24-18;1-7(10)5-8(2)6-9-3-4-11-8/h6-7,10-11,13-14,17-18,39H,8-9,12,15-16H2,1-5H3,(H,32,33,35,36);4-11H,1-3H3,(H,24,25,27,28);7,9-10H,3-6H2,1-2H3/t18?,29-;;7?,8-/m0.0/s1. The summed E-state index contributed by atoms with van der Waals surface area (Å²) >= 11 is 0. The Hall–Kier alpha value is -7.41. The van der Waals surface area contributed by atoms with Crippen LogP contribution in [-0.2, 0) is 16.0 Å². The molecule has 430 valence electrons. The highest BCUT2D eigenvalue weighted by Crippen LogP contribution is 2.33. The van der Waals surface area contributed by atoms with Gasteiger partial charge in [0.15, 0.2) is 29.6 Å². The number of aldehydes is 1. The number of imidazole rings is 2. The number of nitrogens with one attached hydrogen (secondary N) is 3. The fraction of sp³-hybridized carbons (Fsp3) is 0.431. The van der Waals surface area contributed by atoms with E-state index in [1.807, 2.05) is 69.7 Å².